The third kappa shape index (κ3) is 5.52. The first kappa shape index (κ1) is 19.3. The predicted octanol–water partition coefficient (Wildman–Crippen LogP) is 4.16. The fourth-order valence-corrected chi connectivity index (χ4v) is 2.87. The summed E-state index contributed by atoms with van der Waals surface area (Å²) in [6, 6.07) is 11.5. The van der Waals surface area contributed by atoms with Gasteiger partial charge >= 0.3 is 0 Å². The van der Waals surface area contributed by atoms with E-state index >= 15 is 0 Å². The number of carbonyl (C=O) groups is 1. The van der Waals surface area contributed by atoms with Crippen molar-refractivity contribution in [3.63, 3.8) is 0 Å². The molecule has 5 nitrogen and oxygen atoms in total. The zero-order chi connectivity index (χ0) is 19.2. The molecule has 0 aromatic heterocycles. The van der Waals surface area contributed by atoms with Gasteiger partial charge in [-0.3, -0.25) is 10.1 Å². The number of amides is 1. The second kappa shape index (κ2) is 8.97. The van der Waals surface area contributed by atoms with Crippen LogP contribution in [0.25, 0.3) is 0 Å². The van der Waals surface area contributed by atoms with Crippen molar-refractivity contribution < 1.29 is 13.9 Å². The average Bonchev–Trinajstić information content (AvgIpc) is 3.17. The monoisotopic (exact) mass is 389 g/mol. The van der Waals surface area contributed by atoms with Gasteiger partial charge in [0.25, 0.3) is 5.91 Å². The molecule has 1 aliphatic rings. The number of anilines is 1. The van der Waals surface area contributed by atoms with Gasteiger partial charge < -0.3 is 10.1 Å². The van der Waals surface area contributed by atoms with Crippen LogP contribution in [0, 0.1) is 12.7 Å². The van der Waals surface area contributed by atoms with Gasteiger partial charge in [0.15, 0.2) is 0 Å². The minimum atomic E-state index is -0.510. The average molecular weight is 390 g/mol. The van der Waals surface area contributed by atoms with Gasteiger partial charge in [-0.25, -0.2) is 9.38 Å². The number of aryl methyl sites for hydroxylation is 1. The number of guanidine groups is 1. The van der Waals surface area contributed by atoms with Crippen molar-refractivity contribution in [1.82, 2.24) is 5.32 Å². The van der Waals surface area contributed by atoms with Crippen LogP contribution in [0.3, 0.4) is 0 Å². The lowest BCUT2D eigenvalue weighted by Gasteiger charge is -2.14. The molecule has 1 aliphatic heterocycles. The number of hydrogen-bond donors (Lipinski definition) is 2. The van der Waals surface area contributed by atoms with Crippen molar-refractivity contribution in [3.05, 3.63) is 64.4 Å². The molecule has 0 spiro atoms. The summed E-state index contributed by atoms with van der Waals surface area (Å²) < 4.78 is 18.9. The number of carbonyl (C=O) groups excluding carboxylic acids is 1. The van der Waals surface area contributed by atoms with Crippen LogP contribution in [0.5, 0.6) is 0 Å². The first-order chi connectivity index (χ1) is 13.0. The Morgan fingerprint density at radius 3 is 2.74 bits per heavy atom. The minimum absolute atomic E-state index is 0.0108. The zero-order valence-corrected chi connectivity index (χ0v) is 15.7. The Morgan fingerprint density at radius 2 is 2.07 bits per heavy atom. The second-order valence-electron chi connectivity index (χ2n) is 6.40. The standard InChI is InChI=1S/C20H21ClFN3O2/c1-13-4-6-14(7-5-13)19(26)25-20(23-12-16-3-2-10-27-16)24-15-8-9-18(22)17(21)11-15/h4-9,11,16H,2-3,10,12H2,1H3,(H2,23,24,25,26)/t16-/m0/s1. The van der Waals surface area contributed by atoms with Gasteiger partial charge in [-0.15, -0.1) is 0 Å². The summed E-state index contributed by atoms with van der Waals surface area (Å²) in [5, 5.41) is 5.75. The first-order valence-corrected chi connectivity index (χ1v) is 9.15. The van der Waals surface area contributed by atoms with Crippen LogP contribution in [-0.4, -0.2) is 31.1 Å². The van der Waals surface area contributed by atoms with E-state index in [2.05, 4.69) is 15.6 Å². The number of benzene rings is 2. The lowest BCUT2D eigenvalue weighted by molar-refractivity contribution is 0.0975. The van der Waals surface area contributed by atoms with Crippen LogP contribution in [0.1, 0.15) is 28.8 Å². The van der Waals surface area contributed by atoms with Crippen LogP contribution in [0.15, 0.2) is 47.5 Å². The maximum atomic E-state index is 13.4. The Kier molecular flexibility index (Phi) is 6.42. The number of ether oxygens (including phenoxy) is 1. The van der Waals surface area contributed by atoms with Crippen LogP contribution < -0.4 is 10.6 Å². The molecule has 1 atom stereocenters. The van der Waals surface area contributed by atoms with E-state index in [1.165, 1.54) is 18.2 Å². The summed E-state index contributed by atoms with van der Waals surface area (Å²) in [5.41, 5.74) is 2.11. The molecule has 0 bridgehead atoms. The maximum Gasteiger partial charge on any atom is 0.257 e. The molecule has 0 saturated carbocycles. The number of hydrogen-bond acceptors (Lipinski definition) is 3. The van der Waals surface area contributed by atoms with Gasteiger partial charge in [0.1, 0.15) is 5.82 Å². The molecule has 1 saturated heterocycles. The van der Waals surface area contributed by atoms with Crippen molar-refractivity contribution >= 4 is 29.2 Å². The summed E-state index contributed by atoms with van der Waals surface area (Å²) >= 11 is 5.83. The van der Waals surface area contributed by atoms with Crippen LogP contribution >= 0.6 is 11.6 Å². The number of rotatable bonds is 4. The topological polar surface area (TPSA) is 62.7 Å². The summed E-state index contributed by atoms with van der Waals surface area (Å²) in [4.78, 5) is 17.0. The van der Waals surface area contributed by atoms with Crippen molar-refractivity contribution in [3.8, 4) is 0 Å². The molecule has 2 aromatic rings. The fraction of sp³-hybridized carbons (Fsp3) is 0.300. The Morgan fingerprint density at radius 1 is 1.30 bits per heavy atom. The van der Waals surface area contributed by atoms with Crippen molar-refractivity contribution in [2.45, 2.75) is 25.9 Å². The van der Waals surface area contributed by atoms with E-state index in [1.807, 2.05) is 19.1 Å². The van der Waals surface area contributed by atoms with E-state index in [9.17, 15) is 9.18 Å². The van der Waals surface area contributed by atoms with Crippen LogP contribution in [0.4, 0.5) is 10.1 Å². The molecule has 0 unspecified atom stereocenters. The molecule has 27 heavy (non-hydrogen) atoms. The third-order valence-corrected chi connectivity index (χ3v) is 4.49. The number of nitrogens with zero attached hydrogens (tertiary/aromatic N) is 1. The minimum Gasteiger partial charge on any atom is -0.376 e. The molecule has 1 fully saturated rings. The molecule has 7 heteroatoms. The van der Waals surface area contributed by atoms with Gasteiger partial charge in [-0.2, -0.15) is 0 Å². The highest BCUT2D eigenvalue weighted by Gasteiger charge is 2.16. The largest absolute Gasteiger partial charge is 0.376 e. The molecule has 0 radical (unpaired) electrons. The van der Waals surface area contributed by atoms with Gasteiger partial charge in [-0.05, 0) is 50.1 Å². The highest BCUT2D eigenvalue weighted by Crippen LogP contribution is 2.19. The molecule has 1 amide bonds. The number of halogens is 2. The molecule has 0 aliphatic carbocycles. The van der Waals surface area contributed by atoms with Crippen molar-refractivity contribution in [1.29, 1.82) is 0 Å². The van der Waals surface area contributed by atoms with E-state index in [-0.39, 0.29) is 23.0 Å². The van der Waals surface area contributed by atoms with Crippen LogP contribution in [-0.2, 0) is 4.74 Å². The molecular weight excluding hydrogens is 369 g/mol. The lowest BCUT2D eigenvalue weighted by atomic mass is 10.1. The molecule has 3 rings (SSSR count). The maximum absolute atomic E-state index is 13.4. The summed E-state index contributed by atoms with van der Waals surface area (Å²) in [7, 11) is 0. The predicted molar refractivity (Wildman–Crippen MR) is 105 cm³/mol. The fourth-order valence-electron chi connectivity index (χ4n) is 2.69. The number of aliphatic imine (C=N–C) groups is 1. The SMILES string of the molecule is Cc1ccc(C(=O)NC(=NC[C@@H]2CCCO2)Nc2ccc(F)c(Cl)c2)cc1. The summed E-state index contributed by atoms with van der Waals surface area (Å²) in [5.74, 6) is -0.538. The quantitative estimate of drug-likeness (QED) is 0.609. The molecule has 2 aromatic carbocycles. The normalized spacial score (nSPS) is 17.0. The van der Waals surface area contributed by atoms with Gasteiger partial charge in [-0.1, -0.05) is 29.3 Å². The highest BCUT2D eigenvalue weighted by atomic mass is 35.5. The zero-order valence-electron chi connectivity index (χ0n) is 15.0. The van der Waals surface area contributed by atoms with Crippen LogP contribution in [0.2, 0.25) is 5.02 Å². The Labute approximate surface area is 162 Å². The number of nitrogens with one attached hydrogen (secondary N) is 2. The summed E-state index contributed by atoms with van der Waals surface area (Å²) in [6.07, 6.45) is 1.98. The third-order valence-electron chi connectivity index (χ3n) is 4.21. The Hall–Kier alpha value is -2.44. The van der Waals surface area contributed by atoms with E-state index in [0.29, 0.717) is 17.8 Å². The Bertz CT molecular complexity index is 834. The molecule has 142 valence electrons. The smallest absolute Gasteiger partial charge is 0.257 e. The van der Waals surface area contributed by atoms with Gasteiger partial charge in [0, 0.05) is 17.9 Å². The van der Waals surface area contributed by atoms with E-state index in [1.54, 1.807) is 12.1 Å². The first-order valence-electron chi connectivity index (χ1n) is 8.77. The molecule has 1 heterocycles. The van der Waals surface area contributed by atoms with Gasteiger partial charge in [0.05, 0.1) is 17.7 Å². The molecular formula is C20H21ClFN3O2. The summed E-state index contributed by atoms with van der Waals surface area (Å²) in [6.45, 7) is 3.10. The van der Waals surface area contributed by atoms with Crippen molar-refractivity contribution in [2.75, 3.05) is 18.5 Å². The van der Waals surface area contributed by atoms with E-state index in [0.717, 1.165) is 25.0 Å². The van der Waals surface area contributed by atoms with Gasteiger partial charge in [0.2, 0.25) is 5.96 Å². The van der Waals surface area contributed by atoms with E-state index < -0.39 is 5.82 Å². The lowest BCUT2D eigenvalue weighted by Crippen LogP contribution is -2.36. The van der Waals surface area contributed by atoms with E-state index in [4.69, 9.17) is 16.3 Å². The van der Waals surface area contributed by atoms with Crippen molar-refractivity contribution in [2.24, 2.45) is 4.99 Å². The molecule has 2 N–H and O–H groups in total. The second-order valence-corrected chi connectivity index (χ2v) is 6.81. The highest BCUT2D eigenvalue weighted by molar-refractivity contribution is 6.31. The Balaban J connectivity index is 1.75.